The average Bonchev–Trinajstić information content (AvgIpc) is 2.62. The first-order chi connectivity index (χ1) is 9.25. The van der Waals surface area contributed by atoms with Crippen LogP contribution in [0.2, 0.25) is 0 Å². The molecule has 1 fully saturated rings. The summed E-state index contributed by atoms with van der Waals surface area (Å²) in [5, 5.41) is -0.0366. The van der Waals surface area contributed by atoms with E-state index in [2.05, 4.69) is 6.92 Å². The first-order valence-electron chi connectivity index (χ1n) is 7.73. The van der Waals surface area contributed by atoms with Crippen molar-refractivity contribution in [2.75, 3.05) is 12.3 Å². The number of thioether (sulfide) groups is 1. The number of rotatable bonds is 8. The molecule has 1 rings (SSSR count). The van der Waals surface area contributed by atoms with Crippen LogP contribution in [-0.2, 0) is 4.79 Å². The van der Waals surface area contributed by atoms with Crippen molar-refractivity contribution in [2.45, 2.75) is 71.1 Å². The van der Waals surface area contributed by atoms with Crippen LogP contribution in [0.1, 0.15) is 71.1 Å². The molecule has 0 aromatic heterocycles. The molecule has 1 aliphatic heterocycles. The summed E-state index contributed by atoms with van der Waals surface area (Å²) in [5.41, 5.74) is 0. The van der Waals surface area contributed by atoms with Crippen LogP contribution in [0.4, 0.5) is 4.79 Å². The van der Waals surface area contributed by atoms with Crippen LogP contribution in [0.15, 0.2) is 0 Å². The van der Waals surface area contributed by atoms with Crippen molar-refractivity contribution in [3.05, 3.63) is 0 Å². The number of imide groups is 1. The molecule has 0 spiro atoms. The molecular formula is C15H27NO2S. The van der Waals surface area contributed by atoms with Crippen LogP contribution in [-0.4, -0.2) is 28.3 Å². The Hall–Kier alpha value is -0.510. The van der Waals surface area contributed by atoms with Gasteiger partial charge in [-0.05, 0) is 19.3 Å². The molecular weight excluding hydrogens is 258 g/mol. The van der Waals surface area contributed by atoms with Crippen molar-refractivity contribution >= 4 is 22.9 Å². The minimum atomic E-state index is -0.0366. The smallest absolute Gasteiger partial charge is 0.274 e. The van der Waals surface area contributed by atoms with Crippen LogP contribution in [0, 0.1) is 0 Å². The van der Waals surface area contributed by atoms with E-state index in [1.165, 1.54) is 48.8 Å². The Bertz CT molecular complexity index is 281. The summed E-state index contributed by atoms with van der Waals surface area (Å²) in [6.45, 7) is 2.84. The van der Waals surface area contributed by atoms with Gasteiger partial charge in [-0.15, -0.1) is 0 Å². The Balaban J connectivity index is 2.11. The van der Waals surface area contributed by atoms with Gasteiger partial charge in [0.05, 0.1) is 0 Å². The highest BCUT2D eigenvalue weighted by molar-refractivity contribution is 8.13. The Morgan fingerprint density at radius 1 is 1.11 bits per heavy atom. The van der Waals surface area contributed by atoms with Crippen molar-refractivity contribution in [1.29, 1.82) is 0 Å². The highest BCUT2D eigenvalue weighted by atomic mass is 32.2. The van der Waals surface area contributed by atoms with Crippen molar-refractivity contribution in [3.8, 4) is 0 Å². The number of nitrogens with zero attached hydrogens (tertiary/aromatic N) is 1. The first kappa shape index (κ1) is 16.5. The fourth-order valence-corrected chi connectivity index (χ4v) is 3.17. The molecule has 2 amide bonds. The van der Waals surface area contributed by atoms with Crippen LogP contribution in [0.3, 0.4) is 0 Å². The van der Waals surface area contributed by atoms with Crippen molar-refractivity contribution in [2.24, 2.45) is 0 Å². The largest absolute Gasteiger partial charge is 0.288 e. The van der Waals surface area contributed by atoms with Crippen LogP contribution < -0.4 is 0 Å². The summed E-state index contributed by atoms with van der Waals surface area (Å²) < 4.78 is 0. The highest BCUT2D eigenvalue weighted by Gasteiger charge is 2.22. The van der Waals surface area contributed by atoms with Gasteiger partial charge in [-0.2, -0.15) is 0 Å². The Kier molecular flexibility index (Phi) is 8.97. The topological polar surface area (TPSA) is 37.4 Å². The predicted molar refractivity (Wildman–Crippen MR) is 81.4 cm³/mol. The molecule has 0 atom stereocenters. The third-order valence-corrected chi connectivity index (χ3v) is 4.48. The molecule has 0 aliphatic carbocycles. The van der Waals surface area contributed by atoms with Gasteiger partial charge in [0.1, 0.15) is 0 Å². The van der Waals surface area contributed by atoms with Crippen molar-refractivity contribution in [3.63, 3.8) is 0 Å². The summed E-state index contributed by atoms with van der Waals surface area (Å²) in [4.78, 5) is 25.2. The molecule has 4 heteroatoms. The highest BCUT2D eigenvalue weighted by Crippen LogP contribution is 2.18. The standard InChI is InChI=1S/C15H27NO2S/c1-2-3-4-5-6-7-8-11-14(17)16-12-9-10-13-19-15(16)18/h2-13H2,1H3. The monoisotopic (exact) mass is 285 g/mol. The minimum absolute atomic E-state index is 0.0351. The molecule has 0 unspecified atom stereocenters. The lowest BCUT2D eigenvalue weighted by Gasteiger charge is -2.17. The summed E-state index contributed by atoms with van der Waals surface area (Å²) in [6.07, 6.45) is 11.0. The van der Waals surface area contributed by atoms with E-state index in [0.717, 1.165) is 31.4 Å². The van der Waals surface area contributed by atoms with E-state index in [0.29, 0.717) is 13.0 Å². The molecule has 0 aromatic carbocycles. The predicted octanol–water partition coefficient (Wildman–Crippen LogP) is 4.60. The number of carbonyl (C=O) groups is 2. The zero-order valence-electron chi connectivity index (χ0n) is 12.2. The number of carbonyl (C=O) groups excluding carboxylic acids is 2. The molecule has 1 heterocycles. The summed E-state index contributed by atoms with van der Waals surface area (Å²) in [5.74, 6) is 0.896. The Labute approximate surface area is 121 Å². The van der Waals surface area contributed by atoms with E-state index in [1.807, 2.05) is 0 Å². The minimum Gasteiger partial charge on any atom is -0.274 e. The Morgan fingerprint density at radius 3 is 2.53 bits per heavy atom. The second-order valence-corrected chi connectivity index (χ2v) is 6.28. The van der Waals surface area contributed by atoms with Crippen LogP contribution in [0.25, 0.3) is 0 Å². The summed E-state index contributed by atoms with van der Waals surface area (Å²) >= 11 is 1.29. The molecule has 3 nitrogen and oxygen atoms in total. The molecule has 0 radical (unpaired) electrons. The summed E-state index contributed by atoms with van der Waals surface area (Å²) in [7, 11) is 0. The Morgan fingerprint density at radius 2 is 1.79 bits per heavy atom. The van der Waals surface area contributed by atoms with E-state index in [9.17, 15) is 9.59 Å². The van der Waals surface area contributed by atoms with Gasteiger partial charge in [0.15, 0.2) is 0 Å². The van der Waals surface area contributed by atoms with E-state index in [-0.39, 0.29) is 11.1 Å². The number of hydrogen-bond acceptors (Lipinski definition) is 3. The number of amides is 2. The van der Waals surface area contributed by atoms with Crippen LogP contribution >= 0.6 is 11.8 Å². The van der Waals surface area contributed by atoms with E-state index in [1.54, 1.807) is 0 Å². The van der Waals surface area contributed by atoms with Gasteiger partial charge in [0, 0.05) is 18.7 Å². The molecule has 0 N–H and O–H groups in total. The third kappa shape index (κ3) is 7.00. The lowest BCUT2D eigenvalue weighted by atomic mass is 10.1. The lowest BCUT2D eigenvalue weighted by molar-refractivity contribution is -0.128. The maximum absolute atomic E-state index is 12.0. The third-order valence-electron chi connectivity index (χ3n) is 3.52. The fraction of sp³-hybridized carbons (Fsp3) is 0.867. The van der Waals surface area contributed by atoms with Gasteiger partial charge in [0.2, 0.25) is 5.91 Å². The van der Waals surface area contributed by atoms with Crippen molar-refractivity contribution in [1.82, 2.24) is 4.90 Å². The second kappa shape index (κ2) is 10.3. The lowest BCUT2D eigenvalue weighted by Crippen LogP contribution is -2.33. The molecule has 1 saturated heterocycles. The molecule has 1 aliphatic rings. The molecule has 0 bridgehead atoms. The first-order valence-corrected chi connectivity index (χ1v) is 8.71. The van der Waals surface area contributed by atoms with Gasteiger partial charge >= 0.3 is 0 Å². The zero-order chi connectivity index (χ0) is 13.9. The van der Waals surface area contributed by atoms with E-state index in [4.69, 9.17) is 0 Å². The maximum atomic E-state index is 12.0. The van der Waals surface area contributed by atoms with Crippen LogP contribution in [0.5, 0.6) is 0 Å². The van der Waals surface area contributed by atoms with Gasteiger partial charge in [0.25, 0.3) is 5.24 Å². The summed E-state index contributed by atoms with van der Waals surface area (Å²) in [6, 6.07) is 0. The second-order valence-electron chi connectivity index (χ2n) is 5.24. The maximum Gasteiger partial charge on any atom is 0.288 e. The zero-order valence-corrected chi connectivity index (χ0v) is 13.0. The normalized spacial score (nSPS) is 16.5. The van der Waals surface area contributed by atoms with E-state index < -0.39 is 0 Å². The number of unbranched alkanes of at least 4 members (excludes halogenated alkanes) is 6. The van der Waals surface area contributed by atoms with E-state index >= 15 is 0 Å². The van der Waals surface area contributed by atoms with Gasteiger partial charge in [-0.25, -0.2) is 0 Å². The molecule has 110 valence electrons. The van der Waals surface area contributed by atoms with Gasteiger partial charge in [-0.1, -0.05) is 57.2 Å². The fourth-order valence-electron chi connectivity index (χ4n) is 2.30. The molecule has 0 aromatic rings. The SMILES string of the molecule is CCCCCCCCCC(=O)N1CCCCSC1=O. The molecule has 0 saturated carbocycles. The number of hydrogen-bond donors (Lipinski definition) is 0. The molecule has 19 heavy (non-hydrogen) atoms. The average molecular weight is 285 g/mol. The van der Waals surface area contributed by atoms with Gasteiger partial charge < -0.3 is 0 Å². The van der Waals surface area contributed by atoms with Gasteiger partial charge in [-0.3, -0.25) is 14.5 Å². The quantitative estimate of drug-likeness (QED) is 0.611. The van der Waals surface area contributed by atoms with Crippen molar-refractivity contribution < 1.29 is 9.59 Å².